The third-order valence-corrected chi connectivity index (χ3v) is 1.08. The van der Waals surface area contributed by atoms with Crippen LogP contribution in [0, 0.1) is 0 Å². The fourth-order valence-corrected chi connectivity index (χ4v) is 0.309. The largest absolute Gasteiger partial charge is 0.314 e. The maximum Gasteiger partial charge on any atom is 0.314 e. The van der Waals surface area contributed by atoms with Crippen LogP contribution in [0.25, 0.3) is 0 Å². The van der Waals surface area contributed by atoms with Crippen LogP contribution in [0.5, 0.6) is 0 Å². The summed E-state index contributed by atoms with van der Waals surface area (Å²) in [5.74, 6) is -3.23. The summed E-state index contributed by atoms with van der Waals surface area (Å²) in [5, 5.41) is -1.36. The van der Waals surface area contributed by atoms with E-state index in [-0.39, 0.29) is 0 Å². The lowest BCUT2D eigenvalue weighted by Gasteiger charge is -2.05. The van der Waals surface area contributed by atoms with Gasteiger partial charge in [-0.1, -0.05) is 19.6 Å². The predicted octanol–water partition coefficient (Wildman–Crippen LogP) is 1.49. The van der Waals surface area contributed by atoms with Gasteiger partial charge in [0, 0.05) is 6.42 Å². The molecule has 0 saturated carbocycles. The van der Waals surface area contributed by atoms with Crippen molar-refractivity contribution < 1.29 is 13.6 Å². The van der Waals surface area contributed by atoms with Crippen LogP contribution in [0.1, 0.15) is 13.3 Å². The van der Waals surface area contributed by atoms with Gasteiger partial charge in [-0.15, -0.1) is 0 Å². The van der Waals surface area contributed by atoms with E-state index in [0.717, 1.165) is 0 Å². The first-order chi connectivity index (χ1) is 3.50. The molecule has 0 unspecified atom stereocenters. The molecule has 0 amide bonds. The minimum atomic E-state index is -3.23. The molecule has 0 atom stereocenters. The van der Waals surface area contributed by atoms with Gasteiger partial charge in [0.15, 0.2) is 0 Å². The van der Waals surface area contributed by atoms with Crippen molar-refractivity contribution in [2.45, 2.75) is 19.3 Å². The SMILES string of the molecule is CCC(F)(F)C(=O)S. The number of alkyl halides is 2. The molecule has 0 saturated heterocycles. The summed E-state index contributed by atoms with van der Waals surface area (Å²) >= 11 is 2.97. The van der Waals surface area contributed by atoms with Crippen LogP contribution < -0.4 is 0 Å². The summed E-state index contributed by atoms with van der Waals surface area (Å²) in [5.41, 5.74) is 0. The first kappa shape index (κ1) is 7.88. The summed E-state index contributed by atoms with van der Waals surface area (Å²) in [6.07, 6.45) is -0.477. The lowest BCUT2D eigenvalue weighted by Crippen LogP contribution is -2.22. The number of carbonyl (C=O) groups is 1. The van der Waals surface area contributed by atoms with Crippen LogP contribution in [0.4, 0.5) is 8.78 Å². The van der Waals surface area contributed by atoms with Gasteiger partial charge in [0.1, 0.15) is 0 Å². The van der Waals surface area contributed by atoms with Gasteiger partial charge in [0.2, 0.25) is 0 Å². The van der Waals surface area contributed by atoms with E-state index in [0.29, 0.717) is 0 Å². The van der Waals surface area contributed by atoms with Gasteiger partial charge < -0.3 is 0 Å². The molecule has 0 bridgehead atoms. The molecular formula is C4H6F2OS. The fourth-order valence-electron chi connectivity index (χ4n) is 0.151. The Balaban J connectivity index is 3.91. The monoisotopic (exact) mass is 140 g/mol. The van der Waals surface area contributed by atoms with Crippen molar-refractivity contribution in [3.8, 4) is 0 Å². The Kier molecular flexibility index (Phi) is 2.40. The fraction of sp³-hybridized carbons (Fsp3) is 0.750. The normalized spacial score (nSPS) is 11.5. The highest BCUT2D eigenvalue weighted by molar-refractivity contribution is 7.96. The quantitative estimate of drug-likeness (QED) is 0.575. The molecule has 0 aromatic heterocycles. The topological polar surface area (TPSA) is 17.1 Å². The number of hydrogen-bond acceptors (Lipinski definition) is 1. The minimum absolute atomic E-state index is 0.477. The van der Waals surface area contributed by atoms with Crippen LogP contribution in [-0.2, 0) is 4.79 Å². The summed E-state index contributed by atoms with van der Waals surface area (Å²) in [6, 6.07) is 0. The van der Waals surface area contributed by atoms with Crippen molar-refractivity contribution in [2.24, 2.45) is 0 Å². The Hall–Kier alpha value is -0.120. The number of thiol groups is 1. The molecular weight excluding hydrogens is 134 g/mol. The minimum Gasteiger partial charge on any atom is -0.281 e. The van der Waals surface area contributed by atoms with E-state index in [1.807, 2.05) is 0 Å². The van der Waals surface area contributed by atoms with E-state index in [9.17, 15) is 13.6 Å². The first-order valence-corrected chi connectivity index (χ1v) is 2.56. The highest BCUT2D eigenvalue weighted by Gasteiger charge is 2.33. The van der Waals surface area contributed by atoms with E-state index < -0.39 is 17.5 Å². The number of rotatable bonds is 2. The van der Waals surface area contributed by atoms with E-state index in [2.05, 4.69) is 12.6 Å². The molecule has 0 spiro atoms. The maximum atomic E-state index is 11.8. The molecule has 0 aliphatic rings. The Labute approximate surface area is 51.5 Å². The smallest absolute Gasteiger partial charge is 0.281 e. The van der Waals surface area contributed by atoms with Crippen molar-refractivity contribution in [1.82, 2.24) is 0 Å². The van der Waals surface area contributed by atoms with Crippen LogP contribution >= 0.6 is 12.6 Å². The summed E-state index contributed by atoms with van der Waals surface area (Å²) in [6.45, 7) is 1.23. The zero-order valence-electron chi connectivity index (χ0n) is 4.32. The standard InChI is InChI=1S/C4H6F2OS/c1-2-4(5,6)3(7)8/h2H2,1H3,(H,7,8). The molecule has 0 radical (unpaired) electrons. The molecule has 1 nitrogen and oxygen atoms in total. The zero-order chi connectivity index (χ0) is 6.78. The van der Waals surface area contributed by atoms with Gasteiger partial charge in [0.25, 0.3) is 5.12 Å². The molecule has 0 aliphatic heterocycles. The molecule has 0 N–H and O–H groups in total. The first-order valence-electron chi connectivity index (χ1n) is 2.12. The van der Waals surface area contributed by atoms with E-state index >= 15 is 0 Å². The third-order valence-electron chi connectivity index (χ3n) is 0.757. The zero-order valence-corrected chi connectivity index (χ0v) is 5.21. The molecule has 4 heteroatoms. The van der Waals surface area contributed by atoms with Crippen molar-refractivity contribution in [2.75, 3.05) is 0 Å². The third kappa shape index (κ3) is 1.78. The molecule has 0 heterocycles. The lowest BCUT2D eigenvalue weighted by molar-refractivity contribution is -0.133. The van der Waals surface area contributed by atoms with Gasteiger partial charge in [-0.2, -0.15) is 8.78 Å². The summed E-state index contributed by atoms with van der Waals surface area (Å²) < 4.78 is 23.7. The average Bonchev–Trinajstić information content (AvgIpc) is 1.67. The summed E-state index contributed by atoms with van der Waals surface area (Å²) in [4.78, 5) is 9.81. The second-order valence-electron chi connectivity index (χ2n) is 1.36. The van der Waals surface area contributed by atoms with Crippen LogP contribution in [-0.4, -0.2) is 11.0 Å². The van der Waals surface area contributed by atoms with E-state index in [4.69, 9.17) is 0 Å². The Morgan fingerprint density at radius 2 is 2.12 bits per heavy atom. The van der Waals surface area contributed by atoms with E-state index in [1.54, 1.807) is 0 Å². The van der Waals surface area contributed by atoms with Gasteiger partial charge in [-0.25, -0.2) is 0 Å². The molecule has 0 rings (SSSR count). The maximum absolute atomic E-state index is 11.8. The number of halogens is 2. The van der Waals surface area contributed by atoms with Crippen molar-refractivity contribution in [3.05, 3.63) is 0 Å². The van der Waals surface area contributed by atoms with Gasteiger partial charge in [0.05, 0.1) is 0 Å². The van der Waals surface area contributed by atoms with Crippen LogP contribution in [0.2, 0.25) is 0 Å². The number of carbonyl (C=O) groups excluding carboxylic acids is 1. The van der Waals surface area contributed by atoms with Crippen LogP contribution in [0.15, 0.2) is 0 Å². The Morgan fingerprint density at radius 3 is 2.12 bits per heavy atom. The second-order valence-corrected chi connectivity index (χ2v) is 1.77. The van der Waals surface area contributed by atoms with Crippen molar-refractivity contribution in [1.29, 1.82) is 0 Å². The van der Waals surface area contributed by atoms with Crippen molar-refractivity contribution in [3.63, 3.8) is 0 Å². The van der Waals surface area contributed by atoms with Gasteiger partial charge >= 0.3 is 5.92 Å². The average molecular weight is 140 g/mol. The number of hydrogen-bond donors (Lipinski definition) is 1. The lowest BCUT2D eigenvalue weighted by atomic mass is 10.3. The highest BCUT2D eigenvalue weighted by Crippen LogP contribution is 2.19. The molecule has 8 heavy (non-hydrogen) atoms. The predicted molar refractivity (Wildman–Crippen MR) is 29.2 cm³/mol. The Bertz CT molecular complexity index is 102. The Morgan fingerprint density at radius 1 is 1.75 bits per heavy atom. The van der Waals surface area contributed by atoms with Gasteiger partial charge in [-0.05, 0) is 0 Å². The summed E-state index contributed by atoms with van der Waals surface area (Å²) in [7, 11) is 0. The molecule has 48 valence electrons. The molecule has 0 fully saturated rings. The molecule has 0 aromatic rings. The van der Waals surface area contributed by atoms with Crippen molar-refractivity contribution >= 4 is 17.7 Å². The van der Waals surface area contributed by atoms with Gasteiger partial charge in [-0.3, -0.25) is 4.79 Å². The molecule has 0 aliphatic carbocycles. The second kappa shape index (κ2) is 2.44. The van der Waals surface area contributed by atoms with Crippen LogP contribution in [0.3, 0.4) is 0 Å². The van der Waals surface area contributed by atoms with E-state index in [1.165, 1.54) is 6.92 Å². The molecule has 0 aromatic carbocycles. The highest BCUT2D eigenvalue weighted by atomic mass is 32.1.